The Hall–Kier alpha value is -3.85. The lowest BCUT2D eigenvalue weighted by atomic mass is 10.0. The number of anilines is 1. The molecule has 224 valence electrons. The maximum absolute atomic E-state index is 14.4. The number of nitrogens with zero attached hydrogens (tertiary/aromatic N) is 2. The van der Waals surface area contributed by atoms with Crippen LogP contribution in [0.2, 0.25) is 10.0 Å². The Morgan fingerprint density at radius 1 is 0.767 bits per heavy atom. The molecule has 0 bridgehead atoms. The van der Waals surface area contributed by atoms with Gasteiger partial charge in [-0.25, -0.2) is 8.42 Å². The number of carbonyl (C=O) groups excluding carboxylic acids is 2. The summed E-state index contributed by atoms with van der Waals surface area (Å²) in [6.45, 7) is 3.21. The van der Waals surface area contributed by atoms with Crippen molar-refractivity contribution < 1.29 is 18.0 Å². The summed E-state index contributed by atoms with van der Waals surface area (Å²) in [5.74, 6) is -0.890. The Kier molecular flexibility index (Phi) is 10.9. The quantitative estimate of drug-likeness (QED) is 0.196. The summed E-state index contributed by atoms with van der Waals surface area (Å²) >= 11 is 12.3. The van der Waals surface area contributed by atoms with Crippen molar-refractivity contribution in [3.63, 3.8) is 0 Å². The van der Waals surface area contributed by atoms with Crippen LogP contribution in [0.3, 0.4) is 0 Å². The maximum Gasteiger partial charge on any atom is 0.264 e. The van der Waals surface area contributed by atoms with Crippen LogP contribution < -0.4 is 9.62 Å². The molecule has 0 unspecified atom stereocenters. The van der Waals surface area contributed by atoms with Crippen LogP contribution in [-0.4, -0.2) is 43.8 Å². The van der Waals surface area contributed by atoms with Gasteiger partial charge in [0.25, 0.3) is 10.0 Å². The molecule has 0 spiro atoms. The normalized spacial score (nSPS) is 12.0. The smallest absolute Gasteiger partial charge is 0.264 e. The van der Waals surface area contributed by atoms with Gasteiger partial charge in [-0.1, -0.05) is 89.9 Å². The SMILES string of the molecule is CC(C)NC(=O)[C@H](Cc1ccccc1)N(Cc1ccccc1)C(=O)CN(c1cccc(Cl)c1)S(=O)(=O)c1ccc(Cl)cc1. The van der Waals surface area contributed by atoms with Gasteiger partial charge in [-0.15, -0.1) is 0 Å². The zero-order valence-corrected chi connectivity index (χ0v) is 26.2. The molecular formula is C33H33Cl2N3O4S. The third-order valence-electron chi connectivity index (χ3n) is 6.67. The first-order chi connectivity index (χ1) is 20.5. The molecule has 1 N–H and O–H groups in total. The predicted octanol–water partition coefficient (Wildman–Crippen LogP) is 6.35. The van der Waals surface area contributed by atoms with Gasteiger partial charge in [0.2, 0.25) is 11.8 Å². The molecule has 4 aromatic rings. The number of amides is 2. The molecule has 0 aliphatic carbocycles. The molecule has 7 nitrogen and oxygen atoms in total. The maximum atomic E-state index is 14.4. The van der Waals surface area contributed by atoms with Crippen molar-refractivity contribution in [2.45, 2.75) is 43.8 Å². The summed E-state index contributed by atoms with van der Waals surface area (Å²) in [6.07, 6.45) is 0.235. The molecule has 0 aliphatic rings. The molecule has 43 heavy (non-hydrogen) atoms. The van der Waals surface area contributed by atoms with E-state index >= 15 is 0 Å². The summed E-state index contributed by atoms with van der Waals surface area (Å²) in [6, 6.07) is 29.6. The second-order valence-corrected chi connectivity index (χ2v) is 13.1. The Balaban J connectivity index is 1.79. The van der Waals surface area contributed by atoms with E-state index in [1.807, 2.05) is 74.5 Å². The van der Waals surface area contributed by atoms with Crippen LogP contribution in [0.5, 0.6) is 0 Å². The highest BCUT2D eigenvalue weighted by Gasteiger charge is 2.34. The van der Waals surface area contributed by atoms with Gasteiger partial charge in [0, 0.05) is 29.1 Å². The van der Waals surface area contributed by atoms with Crippen LogP contribution in [0.15, 0.2) is 114 Å². The number of nitrogens with one attached hydrogen (secondary N) is 1. The van der Waals surface area contributed by atoms with Gasteiger partial charge in [-0.2, -0.15) is 0 Å². The molecule has 1 atom stereocenters. The molecule has 0 fully saturated rings. The van der Waals surface area contributed by atoms with Crippen molar-refractivity contribution in [2.24, 2.45) is 0 Å². The minimum absolute atomic E-state index is 0.0438. The number of sulfonamides is 1. The van der Waals surface area contributed by atoms with E-state index in [9.17, 15) is 18.0 Å². The molecule has 0 aromatic heterocycles. The Labute approximate surface area is 263 Å². The van der Waals surface area contributed by atoms with Crippen molar-refractivity contribution >= 4 is 50.7 Å². The first-order valence-corrected chi connectivity index (χ1v) is 16.0. The topological polar surface area (TPSA) is 86.8 Å². The van der Waals surface area contributed by atoms with Crippen LogP contribution in [0.25, 0.3) is 0 Å². The predicted molar refractivity (Wildman–Crippen MR) is 172 cm³/mol. The largest absolute Gasteiger partial charge is 0.352 e. The van der Waals surface area contributed by atoms with Gasteiger partial charge in [-0.05, 0) is 67.4 Å². The number of carbonyl (C=O) groups is 2. The van der Waals surface area contributed by atoms with E-state index in [4.69, 9.17) is 23.2 Å². The van der Waals surface area contributed by atoms with E-state index in [0.29, 0.717) is 10.0 Å². The fourth-order valence-corrected chi connectivity index (χ4v) is 6.33. The van der Waals surface area contributed by atoms with E-state index in [1.165, 1.54) is 35.2 Å². The van der Waals surface area contributed by atoms with E-state index in [-0.39, 0.29) is 35.5 Å². The van der Waals surface area contributed by atoms with E-state index in [1.54, 1.807) is 18.2 Å². The molecule has 10 heteroatoms. The fourth-order valence-electron chi connectivity index (χ4n) is 4.61. The highest BCUT2D eigenvalue weighted by molar-refractivity contribution is 7.92. The van der Waals surface area contributed by atoms with Gasteiger partial charge in [0.15, 0.2) is 0 Å². The summed E-state index contributed by atoms with van der Waals surface area (Å²) in [5, 5.41) is 3.62. The summed E-state index contributed by atoms with van der Waals surface area (Å²) in [4.78, 5) is 29.4. The van der Waals surface area contributed by atoms with Crippen molar-refractivity contribution in [3.8, 4) is 0 Å². The van der Waals surface area contributed by atoms with Crippen LogP contribution in [0.1, 0.15) is 25.0 Å². The number of halogens is 2. The second-order valence-electron chi connectivity index (χ2n) is 10.3. The van der Waals surface area contributed by atoms with Gasteiger partial charge in [0.1, 0.15) is 12.6 Å². The molecule has 4 rings (SSSR count). The van der Waals surface area contributed by atoms with E-state index in [2.05, 4.69) is 5.32 Å². The Morgan fingerprint density at radius 3 is 1.95 bits per heavy atom. The average Bonchev–Trinajstić information content (AvgIpc) is 2.98. The molecule has 2 amide bonds. The minimum Gasteiger partial charge on any atom is -0.352 e. The Bertz CT molecular complexity index is 1630. The van der Waals surface area contributed by atoms with E-state index in [0.717, 1.165) is 15.4 Å². The average molecular weight is 639 g/mol. The van der Waals surface area contributed by atoms with Crippen molar-refractivity contribution in [1.82, 2.24) is 10.2 Å². The lowest BCUT2D eigenvalue weighted by Crippen LogP contribution is -2.54. The molecular weight excluding hydrogens is 605 g/mol. The molecule has 0 saturated carbocycles. The molecule has 0 aliphatic heterocycles. The van der Waals surface area contributed by atoms with Crippen LogP contribution in [0.4, 0.5) is 5.69 Å². The van der Waals surface area contributed by atoms with Crippen molar-refractivity contribution in [1.29, 1.82) is 0 Å². The second kappa shape index (κ2) is 14.6. The summed E-state index contributed by atoms with van der Waals surface area (Å²) < 4.78 is 29.0. The highest BCUT2D eigenvalue weighted by atomic mass is 35.5. The highest BCUT2D eigenvalue weighted by Crippen LogP contribution is 2.28. The molecule has 4 aromatic carbocycles. The summed E-state index contributed by atoms with van der Waals surface area (Å²) in [5.41, 5.74) is 1.86. The third kappa shape index (κ3) is 8.60. The molecule has 0 heterocycles. The number of hydrogen-bond acceptors (Lipinski definition) is 4. The summed E-state index contributed by atoms with van der Waals surface area (Å²) in [7, 11) is -4.24. The van der Waals surface area contributed by atoms with Crippen molar-refractivity contribution in [2.75, 3.05) is 10.8 Å². The van der Waals surface area contributed by atoms with E-state index < -0.39 is 28.5 Å². The minimum atomic E-state index is -4.24. The first-order valence-electron chi connectivity index (χ1n) is 13.8. The third-order valence-corrected chi connectivity index (χ3v) is 8.95. The Morgan fingerprint density at radius 2 is 1.37 bits per heavy atom. The zero-order chi connectivity index (χ0) is 31.0. The van der Waals surface area contributed by atoms with Crippen molar-refractivity contribution in [3.05, 3.63) is 130 Å². The first kappa shape index (κ1) is 32.1. The molecule has 0 saturated heterocycles. The molecule has 0 radical (unpaired) electrons. The van der Waals surface area contributed by atoms with Gasteiger partial charge in [0.05, 0.1) is 10.6 Å². The van der Waals surface area contributed by atoms with Crippen LogP contribution in [0, 0.1) is 0 Å². The standard InChI is InChI=1S/C33H33Cl2N3O4S/c1-24(2)36-33(40)31(20-25-10-5-3-6-11-25)37(22-26-12-7-4-8-13-26)32(39)23-38(29-15-9-14-28(35)21-29)43(41,42)30-18-16-27(34)17-19-30/h3-19,21,24,31H,20,22-23H2,1-2H3,(H,36,40)/t31-/m0/s1. The fraction of sp³-hybridized carbons (Fsp3) is 0.212. The number of benzene rings is 4. The number of hydrogen-bond donors (Lipinski definition) is 1. The monoisotopic (exact) mass is 637 g/mol. The van der Waals surface area contributed by atoms with Gasteiger partial charge >= 0.3 is 0 Å². The van der Waals surface area contributed by atoms with Crippen LogP contribution >= 0.6 is 23.2 Å². The lowest BCUT2D eigenvalue weighted by Gasteiger charge is -2.34. The van der Waals surface area contributed by atoms with Gasteiger partial charge in [-0.3, -0.25) is 13.9 Å². The lowest BCUT2D eigenvalue weighted by molar-refractivity contribution is -0.140. The number of rotatable bonds is 12. The zero-order valence-electron chi connectivity index (χ0n) is 23.9. The van der Waals surface area contributed by atoms with Gasteiger partial charge < -0.3 is 10.2 Å². The van der Waals surface area contributed by atoms with Crippen LogP contribution in [-0.2, 0) is 32.6 Å².